The van der Waals surface area contributed by atoms with Crippen molar-refractivity contribution in [3.63, 3.8) is 0 Å². The molecule has 1 amide bonds. The first-order valence-electron chi connectivity index (χ1n) is 8.47. The van der Waals surface area contributed by atoms with E-state index in [0.717, 1.165) is 18.3 Å². The Hall–Kier alpha value is -2.71. The topological polar surface area (TPSA) is 42.4 Å². The highest BCUT2D eigenvalue weighted by Gasteiger charge is 2.34. The van der Waals surface area contributed by atoms with E-state index in [1.54, 1.807) is 6.92 Å². The zero-order valence-corrected chi connectivity index (χ0v) is 15.1. The number of carbonyl (C=O) groups excluding carboxylic acids is 1. The Labute approximate surface area is 157 Å². The van der Waals surface area contributed by atoms with Crippen molar-refractivity contribution in [1.29, 1.82) is 0 Å². The molecule has 0 spiro atoms. The minimum atomic E-state index is -3.28. The zero-order valence-electron chi connectivity index (χ0n) is 15.1. The number of rotatable bonds is 5. The maximum Gasteiger partial charge on any atom is 0.410 e. The van der Waals surface area contributed by atoms with Crippen LogP contribution in [0.15, 0.2) is 30.5 Å². The Balaban J connectivity index is 2.03. The summed E-state index contributed by atoms with van der Waals surface area (Å²) in [5.74, 6) is -4.34. The van der Waals surface area contributed by atoms with Gasteiger partial charge in [0.25, 0.3) is 12.3 Å². The third kappa shape index (κ3) is 4.07. The molecule has 150 valence electrons. The highest BCUT2D eigenvalue weighted by Crippen LogP contribution is 2.33. The second kappa shape index (κ2) is 7.37. The first kappa shape index (κ1) is 20.0. The molecule has 0 N–H and O–H groups in total. The largest absolute Gasteiger partial charge is 0.444 e. The third-order valence-corrected chi connectivity index (χ3v) is 4.35. The summed E-state index contributed by atoms with van der Waals surface area (Å²) in [6.07, 6.45) is -2.92. The van der Waals surface area contributed by atoms with Gasteiger partial charge in [0.2, 0.25) is 0 Å². The lowest BCUT2D eigenvalue weighted by atomic mass is 10.00. The van der Waals surface area contributed by atoms with Crippen LogP contribution in [0.5, 0.6) is 0 Å². The maximum absolute atomic E-state index is 14.0. The van der Waals surface area contributed by atoms with Gasteiger partial charge in [-0.25, -0.2) is 18.0 Å². The second-order valence-corrected chi connectivity index (χ2v) is 6.73. The van der Waals surface area contributed by atoms with Crippen LogP contribution in [0.1, 0.15) is 37.1 Å². The standard InChI is InChI=1S/C19H17F5N2O2/c1-10-8-26(18(27)28-10)9-13-5-12(7-25-16(13)19(2,23)24)11-3-4-15(20)14(6-11)17(21)22/h3-7,10,17H,8-9H2,1-2H3/t10-/m0/s1. The van der Waals surface area contributed by atoms with Crippen LogP contribution in [0.3, 0.4) is 0 Å². The minimum Gasteiger partial charge on any atom is -0.444 e. The van der Waals surface area contributed by atoms with Gasteiger partial charge in [-0.1, -0.05) is 6.07 Å². The third-order valence-electron chi connectivity index (χ3n) is 4.35. The van der Waals surface area contributed by atoms with Crippen LogP contribution in [0, 0.1) is 5.82 Å². The summed E-state index contributed by atoms with van der Waals surface area (Å²) in [7, 11) is 0. The number of benzene rings is 1. The molecule has 28 heavy (non-hydrogen) atoms. The molecule has 0 aliphatic carbocycles. The maximum atomic E-state index is 14.0. The van der Waals surface area contributed by atoms with Crippen LogP contribution in [-0.4, -0.2) is 28.6 Å². The predicted molar refractivity (Wildman–Crippen MR) is 90.5 cm³/mol. The molecule has 1 aromatic heterocycles. The Kier molecular flexibility index (Phi) is 5.27. The van der Waals surface area contributed by atoms with E-state index in [9.17, 15) is 26.7 Å². The van der Waals surface area contributed by atoms with Crippen LogP contribution in [0.2, 0.25) is 0 Å². The lowest BCUT2D eigenvalue weighted by Crippen LogP contribution is -2.26. The Bertz CT molecular complexity index is 898. The van der Waals surface area contributed by atoms with Crippen molar-refractivity contribution in [2.24, 2.45) is 0 Å². The van der Waals surface area contributed by atoms with Crippen molar-refractivity contribution < 1.29 is 31.5 Å². The van der Waals surface area contributed by atoms with Crippen LogP contribution < -0.4 is 0 Å². The fourth-order valence-electron chi connectivity index (χ4n) is 3.08. The van der Waals surface area contributed by atoms with E-state index in [2.05, 4.69) is 4.98 Å². The number of pyridine rings is 1. The Morgan fingerprint density at radius 3 is 2.57 bits per heavy atom. The molecule has 0 bridgehead atoms. The van der Waals surface area contributed by atoms with Crippen molar-refractivity contribution in [3.05, 3.63) is 53.1 Å². The van der Waals surface area contributed by atoms with Gasteiger partial charge < -0.3 is 9.64 Å². The molecular formula is C19H17F5N2O2. The second-order valence-electron chi connectivity index (χ2n) is 6.73. The van der Waals surface area contributed by atoms with Crippen LogP contribution in [-0.2, 0) is 17.2 Å². The fourth-order valence-corrected chi connectivity index (χ4v) is 3.08. The minimum absolute atomic E-state index is 0.0546. The molecule has 2 aromatic rings. The summed E-state index contributed by atoms with van der Waals surface area (Å²) in [5, 5.41) is 0. The van der Waals surface area contributed by atoms with Crippen molar-refractivity contribution in [2.75, 3.05) is 6.54 Å². The first-order valence-corrected chi connectivity index (χ1v) is 8.47. The summed E-state index contributed by atoms with van der Waals surface area (Å²) in [6, 6.07) is 4.45. The lowest BCUT2D eigenvalue weighted by Gasteiger charge is -2.19. The van der Waals surface area contributed by atoms with Crippen LogP contribution in [0.4, 0.5) is 26.7 Å². The normalized spacial score (nSPS) is 17.4. The molecular weight excluding hydrogens is 383 g/mol. The van der Waals surface area contributed by atoms with Crippen molar-refractivity contribution in [2.45, 2.75) is 38.8 Å². The van der Waals surface area contributed by atoms with Gasteiger partial charge in [-0.05, 0) is 36.2 Å². The number of amides is 1. The molecule has 1 atom stereocenters. The average Bonchev–Trinajstić information content (AvgIpc) is 2.91. The number of cyclic esters (lactones) is 1. The molecule has 4 nitrogen and oxygen atoms in total. The van der Waals surface area contributed by atoms with Gasteiger partial charge in [-0.15, -0.1) is 0 Å². The highest BCUT2D eigenvalue weighted by molar-refractivity contribution is 5.70. The van der Waals surface area contributed by atoms with Gasteiger partial charge in [-0.2, -0.15) is 8.78 Å². The molecule has 3 rings (SSSR count). The van der Waals surface area contributed by atoms with E-state index >= 15 is 0 Å². The van der Waals surface area contributed by atoms with E-state index in [-0.39, 0.29) is 35.9 Å². The lowest BCUT2D eigenvalue weighted by molar-refractivity contribution is 0.0112. The zero-order chi connectivity index (χ0) is 20.6. The van der Waals surface area contributed by atoms with E-state index in [4.69, 9.17) is 4.74 Å². The number of alkyl halides is 4. The van der Waals surface area contributed by atoms with Gasteiger partial charge in [0.1, 0.15) is 17.6 Å². The molecule has 2 heterocycles. The van der Waals surface area contributed by atoms with E-state index in [1.807, 2.05) is 0 Å². The Morgan fingerprint density at radius 1 is 1.29 bits per heavy atom. The van der Waals surface area contributed by atoms with Gasteiger partial charge in [0.15, 0.2) is 0 Å². The SMILES string of the molecule is C[C@H]1CN(Cc2cc(-c3ccc(F)c(C(F)F)c3)cnc2C(C)(F)F)C(=O)O1. The van der Waals surface area contributed by atoms with Gasteiger partial charge in [0.05, 0.1) is 18.7 Å². The summed E-state index contributed by atoms with van der Waals surface area (Å²) >= 11 is 0. The molecule has 1 aromatic carbocycles. The van der Waals surface area contributed by atoms with Gasteiger partial charge >= 0.3 is 6.09 Å². The number of carbonyl (C=O) groups is 1. The van der Waals surface area contributed by atoms with Gasteiger partial charge in [-0.3, -0.25) is 4.98 Å². The van der Waals surface area contributed by atoms with E-state index in [1.165, 1.54) is 17.0 Å². The summed E-state index contributed by atoms with van der Waals surface area (Å²) in [6.45, 7) is 2.40. The molecule has 0 radical (unpaired) electrons. The molecule has 1 aliphatic rings. The summed E-state index contributed by atoms with van der Waals surface area (Å²) < 4.78 is 72.4. The quantitative estimate of drug-likeness (QED) is 0.642. The smallest absolute Gasteiger partial charge is 0.410 e. The van der Waals surface area contributed by atoms with Gasteiger partial charge in [0, 0.05) is 18.7 Å². The number of hydrogen-bond donors (Lipinski definition) is 0. The fraction of sp³-hybridized carbons (Fsp3) is 0.368. The molecule has 1 fully saturated rings. The molecule has 1 saturated heterocycles. The first-order chi connectivity index (χ1) is 13.1. The van der Waals surface area contributed by atoms with Crippen LogP contribution in [0.25, 0.3) is 11.1 Å². The predicted octanol–water partition coefficient (Wildman–Crippen LogP) is 5.28. The summed E-state index contributed by atoms with van der Waals surface area (Å²) in [5.41, 5.74) is -0.807. The molecule has 9 heteroatoms. The number of halogens is 5. The summed E-state index contributed by atoms with van der Waals surface area (Å²) in [4.78, 5) is 16.9. The van der Waals surface area contributed by atoms with E-state index < -0.39 is 35.5 Å². The average molecular weight is 400 g/mol. The Morgan fingerprint density at radius 2 is 2.00 bits per heavy atom. The molecule has 0 saturated carbocycles. The number of hydrogen-bond acceptors (Lipinski definition) is 3. The number of nitrogens with zero attached hydrogens (tertiary/aromatic N) is 2. The van der Waals surface area contributed by atoms with Crippen LogP contribution >= 0.6 is 0 Å². The van der Waals surface area contributed by atoms with Crippen molar-refractivity contribution in [3.8, 4) is 11.1 Å². The monoisotopic (exact) mass is 400 g/mol. The van der Waals surface area contributed by atoms with Crippen molar-refractivity contribution in [1.82, 2.24) is 9.88 Å². The van der Waals surface area contributed by atoms with E-state index in [0.29, 0.717) is 6.92 Å². The number of ether oxygens (including phenoxy) is 1. The number of aromatic nitrogens is 1. The molecule has 1 aliphatic heterocycles. The van der Waals surface area contributed by atoms with Crippen molar-refractivity contribution >= 4 is 6.09 Å². The molecule has 0 unspecified atom stereocenters. The highest BCUT2D eigenvalue weighted by atomic mass is 19.3.